The molecule has 2 amide bonds. The molecular weight excluding hydrogens is 448 g/mol. The molecule has 32 heavy (non-hydrogen) atoms. The second kappa shape index (κ2) is 11.2. The van der Waals surface area contributed by atoms with Gasteiger partial charge in [-0.25, -0.2) is 0 Å². The summed E-state index contributed by atoms with van der Waals surface area (Å²) >= 11 is 11.6. The number of rotatable bonds is 6. The molecule has 2 aromatic rings. The molecule has 9 heteroatoms. The van der Waals surface area contributed by atoms with E-state index < -0.39 is 0 Å². The Labute approximate surface area is 198 Å². The summed E-state index contributed by atoms with van der Waals surface area (Å²) < 4.78 is 5.11. The zero-order chi connectivity index (χ0) is 23.1. The van der Waals surface area contributed by atoms with Gasteiger partial charge in [0.1, 0.15) is 5.75 Å². The maximum atomic E-state index is 12.5. The molecule has 0 aromatic heterocycles. The Hall–Kier alpha value is -2.84. The van der Waals surface area contributed by atoms with Crippen molar-refractivity contribution in [2.75, 3.05) is 43.5 Å². The highest BCUT2D eigenvalue weighted by Gasteiger charge is 2.22. The molecule has 0 radical (unpaired) electrons. The van der Waals surface area contributed by atoms with Gasteiger partial charge in [0, 0.05) is 43.2 Å². The normalized spacial score (nSPS) is 13.5. The number of nitrogens with one attached hydrogen (secondary N) is 2. The van der Waals surface area contributed by atoms with Gasteiger partial charge in [-0.2, -0.15) is 0 Å². The first kappa shape index (κ1) is 23.8. The van der Waals surface area contributed by atoms with Gasteiger partial charge >= 0.3 is 0 Å². The van der Waals surface area contributed by atoms with E-state index in [2.05, 4.69) is 15.5 Å². The van der Waals surface area contributed by atoms with Crippen molar-refractivity contribution < 1.29 is 14.3 Å². The molecule has 1 fully saturated rings. The lowest BCUT2D eigenvalue weighted by Gasteiger charge is -2.37. The Bertz CT molecular complexity index is 976. The Balaban J connectivity index is 1.65. The van der Waals surface area contributed by atoms with E-state index in [1.54, 1.807) is 37.4 Å². The minimum Gasteiger partial charge on any atom is -0.497 e. The Morgan fingerprint density at radius 2 is 1.78 bits per heavy atom. The van der Waals surface area contributed by atoms with Crippen molar-refractivity contribution in [1.29, 1.82) is 0 Å². The van der Waals surface area contributed by atoms with Crippen molar-refractivity contribution in [1.82, 2.24) is 10.2 Å². The van der Waals surface area contributed by atoms with Crippen LogP contribution in [-0.4, -0.2) is 55.1 Å². The lowest BCUT2D eigenvalue weighted by atomic mass is 10.2. The average Bonchev–Trinajstić information content (AvgIpc) is 2.79. The number of thiocarbonyl (C=S) groups is 1. The minimum absolute atomic E-state index is 0.172. The molecule has 0 unspecified atom stereocenters. The lowest BCUT2D eigenvalue weighted by Crippen LogP contribution is -2.49. The zero-order valence-electron chi connectivity index (χ0n) is 18.2. The maximum Gasteiger partial charge on any atom is 0.257 e. The van der Waals surface area contributed by atoms with Crippen LogP contribution in [0.25, 0.3) is 0 Å². The van der Waals surface area contributed by atoms with Crippen LogP contribution in [0.5, 0.6) is 5.75 Å². The molecule has 0 aliphatic carbocycles. The number of nitrogens with zero attached hydrogens (tertiary/aromatic N) is 2. The van der Waals surface area contributed by atoms with Crippen LogP contribution >= 0.6 is 23.8 Å². The van der Waals surface area contributed by atoms with E-state index in [9.17, 15) is 9.59 Å². The molecule has 170 valence electrons. The number of carbonyl (C=O) groups excluding carboxylic acids is 2. The number of methoxy groups -OCH3 is 1. The molecule has 0 spiro atoms. The fourth-order valence-electron chi connectivity index (χ4n) is 3.52. The molecule has 2 N–H and O–H groups in total. The molecule has 0 atom stereocenters. The first-order valence-corrected chi connectivity index (χ1v) is 11.3. The van der Waals surface area contributed by atoms with Gasteiger partial charge in [-0.15, -0.1) is 0 Å². The second-order valence-corrected chi connectivity index (χ2v) is 8.26. The number of hydrogen-bond acceptors (Lipinski definition) is 5. The van der Waals surface area contributed by atoms with Crippen LogP contribution in [0.2, 0.25) is 5.02 Å². The van der Waals surface area contributed by atoms with Crippen molar-refractivity contribution in [3.63, 3.8) is 0 Å². The summed E-state index contributed by atoms with van der Waals surface area (Å²) in [5.74, 6) is 0.545. The van der Waals surface area contributed by atoms with Crippen molar-refractivity contribution in [2.45, 2.75) is 19.8 Å². The summed E-state index contributed by atoms with van der Waals surface area (Å²) in [6.07, 6.45) is 1.43. The molecule has 1 saturated heterocycles. The van der Waals surface area contributed by atoms with Gasteiger partial charge < -0.3 is 19.9 Å². The highest BCUT2D eigenvalue weighted by Crippen LogP contribution is 2.30. The predicted octanol–water partition coefficient (Wildman–Crippen LogP) is 3.92. The van der Waals surface area contributed by atoms with E-state index in [4.69, 9.17) is 28.6 Å². The molecule has 1 aliphatic rings. The van der Waals surface area contributed by atoms with E-state index in [0.717, 1.165) is 12.1 Å². The molecule has 0 bridgehead atoms. The van der Waals surface area contributed by atoms with Gasteiger partial charge in [0.2, 0.25) is 5.91 Å². The number of halogens is 1. The summed E-state index contributed by atoms with van der Waals surface area (Å²) in [7, 11) is 1.57. The number of piperazine rings is 1. The van der Waals surface area contributed by atoms with Crippen LogP contribution < -0.4 is 20.3 Å². The first-order chi connectivity index (χ1) is 15.4. The smallest absolute Gasteiger partial charge is 0.257 e. The van der Waals surface area contributed by atoms with Gasteiger partial charge in [0.15, 0.2) is 5.11 Å². The SMILES string of the molecule is CCCC(=O)N1CCN(c2ccc(Cl)cc2NC(=S)NC(=O)c2ccc(OC)cc2)CC1. The number of carbonyl (C=O) groups is 2. The predicted molar refractivity (Wildman–Crippen MR) is 132 cm³/mol. The van der Waals surface area contributed by atoms with Crippen molar-refractivity contribution in [3.8, 4) is 5.75 Å². The third-order valence-electron chi connectivity index (χ3n) is 5.22. The quantitative estimate of drug-likeness (QED) is 0.618. The maximum absolute atomic E-state index is 12.5. The molecule has 7 nitrogen and oxygen atoms in total. The molecule has 1 heterocycles. The third-order valence-corrected chi connectivity index (χ3v) is 5.66. The van der Waals surface area contributed by atoms with Crippen LogP contribution in [0, 0.1) is 0 Å². The standard InChI is InChI=1S/C23H27ClN4O3S/c1-3-4-21(29)28-13-11-27(12-14-28)20-10-7-17(24)15-19(20)25-23(32)26-22(30)16-5-8-18(31-2)9-6-16/h5-10,15H,3-4,11-14H2,1-2H3,(H2,25,26,30,32). The topological polar surface area (TPSA) is 73.9 Å². The Morgan fingerprint density at radius 1 is 1.09 bits per heavy atom. The summed E-state index contributed by atoms with van der Waals surface area (Å²) in [6.45, 7) is 4.75. The Kier molecular flexibility index (Phi) is 8.30. The van der Waals surface area contributed by atoms with E-state index >= 15 is 0 Å². The van der Waals surface area contributed by atoms with Crippen LogP contribution in [0.15, 0.2) is 42.5 Å². The van der Waals surface area contributed by atoms with Crippen molar-refractivity contribution in [3.05, 3.63) is 53.1 Å². The highest BCUT2D eigenvalue weighted by atomic mass is 35.5. The van der Waals surface area contributed by atoms with Gasteiger partial charge in [-0.05, 0) is 61.1 Å². The van der Waals surface area contributed by atoms with Crippen LogP contribution in [0.4, 0.5) is 11.4 Å². The first-order valence-electron chi connectivity index (χ1n) is 10.5. The van der Waals surface area contributed by atoms with Crippen LogP contribution in [0.3, 0.4) is 0 Å². The van der Waals surface area contributed by atoms with Crippen LogP contribution in [-0.2, 0) is 4.79 Å². The highest BCUT2D eigenvalue weighted by molar-refractivity contribution is 7.80. The largest absolute Gasteiger partial charge is 0.497 e. The number of anilines is 2. The van der Waals surface area contributed by atoms with Gasteiger partial charge in [-0.3, -0.25) is 14.9 Å². The molecule has 3 rings (SSSR count). The van der Waals surface area contributed by atoms with Crippen LogP contribution in [0.1, 0.15) is 30.1 Å². The van der Waals surface area contributed by atoms with E-state index in [1.807, 2.05) is 24.0 Å². The monoisotopic (exact) mass is 474 g/mol. The molecule has 0 saturated carbocycles. The molecule has 1 aliphatic heterocycles. The lowest BCUT2D eigenvalue weighted by molar-refractivity contribution is -0.131. The van der Waals surface area contributed by atoms with E-state index in [1.165, 1.54) is 0 Å². The van der Waals surface area contributed by atoms with Gasteiger partial charge in [-0.1, -0.05) is 18.5 Å². The minimum atomic E-state index is -0.322. The van der Waals surface area contributed by atoms with Crippen molar-refractivity contribution >= 4 is 52.1 Å². The zero-order valence-corrected chi connectivity index (χ0v) is 19.8. The van der Waals surface area contributed by atoms with Crippen molar-refractivity contribution in [2.24, 2.45) is 0 Å². The molecular formula is C23H27ClN4O3S. The average molecular weight is 475 g/mol. The van der Waals surface area contributed by atoms with E-state index in [-0.39, 0.29) is 16.9 Å². The van der Waals surface area contributed by atoms with Gasteiger partial charge in [0.05, 0.1) is 18.5 Å². The number of hydrogen-bond donors (Lipinski definition) is 2. The summed E-state index contributed by atoms with van der Waals surface area (Å²) in [4.78, 5) is 28.8. The number of ether oxygens (including phenoxy) is 1. The molecule has 2 aromatic carbocycles. The van der Waals surface area contributed by atoms with Gasteiger partial charge in [0.25, 0.3) is 5.91 Å². The third kappa shape index (κ3) is 6.11. The fourth-order valence-corrected chi connectivity index (χ4v) is 3.90. The second-order valence-electron chi connectivity index (χ2n) is 7.42. The number of benzene rings is 2. The Morgan fingerprint density at radius 3 is 2.41 bits per heavy atom. The van der Waals surface area contributed by atoms with E-state index in [0.29, 0.717) is 54.6 Å². The summed E-state index contributed by atoms with van der Waals surface area (Å²) in [6, 6.07) is 12.3. The summed E-state index contributed by atoms with van der Waals surface area (Å²) in [5, 5.41) is 6.51. The summed E-state index contributed by atoms with van der Waals surface area (Å²) in [5.41, 5.74) is 2.08. The fraction of sp³-hybridized carbons (Fsp3) is 0.348. The number of amides is 2.